The van der Waals surface area contributed by atoms with Gasteiger partial charge in [-0.25, -0.2) is 0 Å². The summed E-state index contributed by atoms with van der Waals surface area (Å²) in [5.74, 6) is 0. The first-order valence-corrected chi connectivity index (χ1v) is 6.43. The lowest BCUT2D eigenvalue weighted by atomic mass is 10.1. The highest BCUT2D eigenvalue weighted by atomic mass is 35.5. The van der Waals surface area contributed by atoms with E-state index >= 15 is 0 Å². The molecule has 0 spiro atoms. The zero-order valence-corrected chi connectivity index (χ0v) is 10.1. The van der Waals surface area contributed by atoms with Gasteiger partial charge in [-0.15, -0.1) is 0 Å². The summed E-state index contributed by atoms with van der Waals surface area (Å²) in [6.07, 6.45) is 8.84. The molecule has 1 aliphatic carbocycles. The highest BCUT2D eigenvalue weighted by molar-refractivity contribution is 6.29. The quantitative estimate of drug-likeness (QED) is 0.698. The molecule has 1 saturated carbocycles. The Hall–Kier alpha value is -0.500. The highest BCUT2D eigenvalue weighted by Crippen LogP contribution is 2.29. The van der Waals surface area contributed by atoms with Gasteiger partial charge in [0, 0.05) is 0 Å². The number of halogens is 1. The first-order chi connectivity index (χ1) is 7.31. The molecule has 0 amide bonds. The molecule has 1 heterocycles. The molecule has 0 unspecified atom stereocenters. The Morgan fingerprint density at radius 2 is 2.00 bits per heavy atom. The molecule has 3 heteroatoms. The Morgan fingerprint density at radius 3 is 2.53 bits per heavy atom. The minimum atomic E-state index is 0.542. The van der Waals surface area contributed by atoms with Gasteiger partial charge < -0.3 is 0 Å². The molecule has 15 heavy (non-hydrogen) atoms. The SMILES string of the molecule is CCc1cc(Cl)n(C2CCCCCC2)n1. The maximum atomic E-state index is 6.21. The smallest absolute Gasteiger partial charge is 0.127 e. The van der Waals surface area contributed by atoms with Gasteiger partial charge in [-0.05, 0) is 25.3 Å². The molecule has 0 N–H and O–H groups in total. The van der Waals surface area contributed by atoms with Crippen molar-refractivity contribution in [1.82, 2.24) is 9.78 Å². The van der Waals surface area contributed by atoms with Gasteiger partial charge in [0.2, 0.25) is 0 Å². The third kappa shape index (κ3) is 2.54. The predicted octanol–water partition coefficient (Wildman–Crippen LogP) is 3.99. The second-order valence-electron chi connectivity index (χ2n) is 4.40. The lowest BCUT2D eigenvalue weighted by Crippen LogP contribution is -2.10. The monoisotopic (exact) mass is 226 g/mol. The standard InChI is InChI=1S/C12H19ClN2/c1-2-10-9-12(13)15(14-10)11-7-5-3-4-6-8-11/h9,11H,2-8H2,1H3. The summed E-state index contributed by atoms with van der Waals surface area (Å²) in [6, 6.07) is 2.55. The van der Waals surface area contributed by atoms with Crippen LogP contribution in [-0.4, -0.2) is 9.78 Å². The molecule has 0 aliphatic heterocycles. The Bertz CT molecular complexity index is 311. The summed E-state index contributed by atoms with van der Waals surface area (Å²) in [5, 5.41) is 5.40. The van der Waals surface area contributed by atoms with Crippen LogP contribution in [0, 0.1) is 0 Å². The molecule has 0 radical (unpaired) electrons. The van der Waals surface area contributed by atoms with Crippen LogP contribution in [0.4, 0.5) is 0 Å². The molecule has 2 rings (SSSR count). The second kappa shape index (κ2) is 5.02. The van der Waals surface area contributed by atoms with E-state index in [0.29, 0.717) is 6.04 Å². The maximum Gasteiger partial charge on any atom is 0.127 e. The van der Waals surface area contributed by atoms with Crippen molar-refractivity contribution < 1.29 is 0 Å². The van der Waals surface area contributed by atoms with E-state index in [1.807, 2.05) is 10.7 Å². The fraction of sp³-hybridized carbons (Fsp3) is 0.750. The summed E-state index contributed by atoms with van der Waals surface area (Å²) in [7, 11) is 0. The Kier molecular flexibility index (Phi) is 3.68. The topological polar surface area (TPSA) is 17.8 Å². The number of rotatable bonds is 2. The van der Waals surface area contributed by atoms with Gasteiger partial charge in [0.1, 0.15) is 5.15 Å². The van der Waals surface area contributed by atoms with E-state index in [0.717, 1.165) is 17.3 Å². The van der Waals surface area contributed by atoms with Gasteiger partial charge in [0.25, 0.3) is 0 Å². The van der Waals surface area contributed by atoms with Gasteiger partial charge in [0.15, 0.2) is 0 Å². The number of hydrogen-bond acceptors (Lipinski definition) is 1. The van der Waals surface area contributed by atoms with Crippen LogP contribution in [0.5, 0.6) is 0 Å². The number of aromatic nitrogens is 2. The van der Waals surface area contributed by atoms with E-state index in [1.165, 1.54) is 38.5 Å². The van der Waals surface area contributed by atoms with E-state index in [2.05, 4.69) is 12.0 Å². The summed E-state index contributed by atoms with van der Waals surface area (Å²) in [6.45, 7) is 2.12. The van der Waals surface area contributed by atoms with Crippen LogP contribution >= 0.6 is 11.6 Å². The molecule has 1 fully saturated rings. The molecule has 1 aliphatic rings. The van der Waals surface area contributed by atoms with E-state index in [1.54, 1.807) is 0 Å². The van der Waals surface area contributed by atoms with Crippen LogP contribution in [0.3, 0.4) is 0 Å². The fourth-order valence-electron chi connectivity index (χ4n) is 2.35. The fourth-order valence-corrected chi connectivity index (χ4v) is 2.65. The van der Waals surface area contributed by atoms with Crippen LogP contribution in [0.1, 0.15) is 57.2 Å². The van der Waals surface area contributed by atoms with Crippen molar-refractivity contribution in [2.75, 3.05) is 0 Å². The molecule has 0 saturated heterocycles. The summed E-state index contributed by atoms with van der Waals surface area (Å²) < 4.78 is 2.05. The molecule has 0 bridgehead atoms. The summed E-state index contributed by atoms with van der Waals surface area (Å²) in [4.78, 5) is 0. The van der Waals surface area contributed by atoms with Crippen molar-refractivity contribution in [3.63, 3.8) is 0 Å². The Labute approximate surface area is 96.6 Å². The van der Waals surface area contributed by atoms with Crippen LogP contribution < -0.4 is 0 Å². The summed E-state index contributed by atoms with van der Waals surface area (Å²) in [5.41, 5.74) is 1.12. The van der Waals surface area contributed by atoms with Crippen molar-refractivity contribution in [1.29, 1.82) is 0 Å². The normalized spacial score (nSPS) is 19.1. The predicted molar refractivity (Wildman–Crippen MR) is 63.4 cm³/mol. The zero-order chi connectivity index (χ0) is 10.7. The summed E-state index contributed by atoms with van der Waals surface area (Å²) >= 11 is 6.21. The Balaban J connectivity index is 2.15. The third-order valence-corrected chi connectivity index (χ3v) is 3.56. The van der Waals surface area contributed by atoms with Gasteiger partial charge in [-0.1, -0.05) is 44.2 Å². The second-order valence-corrected chi connectivity index (χ2v) is 4.79. The van der Waals surface area contributed by atoms with Crippen LogP contribution in [0.2, 0.25) is 5.15 Å². The van der Waals surface area contributed by atoms with Gasteiger partial charge in [-0.3, -0.25) is 4.68 Å². The van der Waals surface area contributed by atoms with Crippen molar-refractivity contribution >= 4 is 11.6 Å². The Morgan fingerprint density at radius 1 is 1.33 bits per heavy atom. The van der Waals surface area contributed by atoms with E-state index in [-0.39, 0.29) is 0 Å². The lowest BCUT2D eigenvalue weighted by molar-refractivity contribution is 0.404. The molecule has 1 aromatic rings. The van der Waals surface area contributed by atoms with Crippen molar-refractivity contribution in [3.8, 4) is 0 Å². The van der Waals surface area contributed by atoms with Gasteiger partial charge in [0.05, 0.1) is 11.7 Å². The lowest BCUT2D eigenvalue weighted by Gasteiger charge is -2.15. The van der Waals surface area contributed by atoms with Gasteiger partial charge in [-0.2, -0.15) is 5.10 Å². The molecule has 0 atom stereocenters. The van der Waals surface area contributed by atoms with Crippen LogP contribution in [0.15, 0.2) is 6.07 Å². The van der Waals surface area contributed by atoms with Crippen LogP contribution in [0.25, 0.3) is 0 Å². The first kappa shape index (κ1) is 11.0. The molecular formula is C12H19ClN2. The zero-order valence-electron chi connectivity index (χ0n) is 9.38. The first-order valence-electron chi connectivity index (χ1n) is 6.05. The molecule has 84 valence electrons. The van der Waals surface area contributed by atoms with Gasteiger partial charge >= 0.3 is 0 Å². The minimum Gasteiger partial charge on any atom is -0.251 e. The third-order valence-electron chi connectivity index (χ3n) is 3.27. The molecule has 1 aromatic heterocycles. The molecular weight excluding hydrogens is 208 g/mol. The number of hydrogen-bond donors (Lipinski definition) is 0. The minimum absolute atomic E-state index is 0.542. The van der Waals surface area contributed by atoms with Crippen molar-refractivity contribution in [2.45, 2.75) is 57.9 Å². The number of aryl methyl sites for hydroxylation is 1. The van der Waals surface area contributed by atoms with E-state index < -0.39 is 0 Å². The average Bonchev–Trinajstić information content (AvgIpc) is 2.48. The van der Waals surface area contributed by atoms with Crippen molar-refractivity contribution in [2.24, 2.45) is 0 Å². The van der Waals surface area contributed by atoms with Crippen LogP contribution in [-0.2, 0) is 6.42 Å². The van der Waals surface area contributed by atoms with E-state index in [4.69, 9.17) is 11.6 Å². The number of nitrogens with zero attached hydrogens (tertiary/aromatic N) is 2. The highest BCUT2D eigenvalue weighted by Gasteiger charge is 2.17. The molecule has 2 nitrogen and oxygen atoms in total. The van der Waals surface area contributed by atoms with Crippen molar-refractivity contribution in [3.05, 3.63) is 16.9 Å². The van der Waals surface area contributed by atoms with E-state index in [9.17, 15) is 0 Å². The largest absolute Gasteiger partial charge is 0.251 e. The average molecular weight is 227 g/mol. The molecule has 0 aromatic carbocycles. The maximum absolute atomic E-state index is 6.21.